The molecule has 0 spiro atoms. The van der Waals surface area contributed by atoms with Gasteiger partial charge in [-0.05, 0) is 42.8 Å². The summed E-state index contributed by atoms with van der Waals surface area (Å²) in [5.74, 6) is -1.18. The maximum Gasteiger partial charge on any atom is 0.338 e. The van der Waals surface area contributed by atoms with E-state index >= 15 is 0 Å². The summed E-state index contributed by atoms with van der Waals surface area (Å²) in [5.41, 5.74) is 0.921. The molecule has 2 aromatic rings. The second kappa shape index (κ2) is 8.48. The number of hydrogen-bond acceptors (Lipinski definition) is 4. The van der Waals surface area contributed by atoms with Crippen molar-refractivity contribution in [3.05, 3.63) is 64.4 Å². The molecule has 0 bridgehead atoms. The van der Waals surface area contributed by atoms with Crippen LogP contribution in [-0.2, 0) is 9.53 Å². The molecule has 1 atom stereocenters. The number of esters is 1. The summed E-state index contributed by atoms with van der Waals surface area (Å²) < 4.78 is 23.1. The van der Waals surface area contributed by atoms with Crippen molar-refractivity contribution in [1.82, 2.24) is 5.32 Å². The summed E-state index contributed by atoms with van der Waals surface area (Å²) in [5, 5.41) is 2.53. The van der Waals surface area contributed by atoms with E-state index < -0.39 is 24.3 Å². The second-order valence-electron chi connectivity index (χ2n) is 5.27. The van der Waals surface area contributed by atoms with Gasteiger partial charge in [-0.25, -0.2) is 9.18 Å². The lowest BCUT2D eigenvalue weighted by Gasteiger charge is -2.15. The molecule has 5 nitrogen and oxygen atoms in total. The number of benzene rings is 2. The van der Waals surface area contributed by atoms with Crippen LogP contribution in [0.4, 0.5) is 4.39 Å². The molecule has 0 saturated heterocycles. The number of halogens is 2. The molecule has 0 radical (unpaired) electrons. The van der Waals surface area contributed by atoms with Gasteiger partial charge in [0.2, 0.25) is 0 Å². The van der Waals surface area contributed by atoms with Crippen molar-refractivity contribution < 1.29 is 23.5 Å². The van der Waals surface area contributed by atoms with Gasteiger partial charge in [-0.3, -0.25) is 4.79 Å². The quantitative estimate of drug-likeness (QED) is 0.795. The number of ether oxygens (including phenoxy) is 2. The minimum absolute atomic E-state index is 0.0695. The first kappa shape index (κ1) is 18.7. The SMILES string of the molecule is COc1cccc([C@H](C)NC(=O)COC(=O)c2ccc(F)c(Cl)c2)c1. The fourth-order valence-electron chi connectivity index (χ4n) is 2.11. The van der Waals surface area contributed by atoms with Crippen molar-refractivity contribution in [2.75, 3.05) is 13.7 Å². The number of amides is 1. The van der Waals surface area contributed by atoms with Crippen LogP contribution in [0.25, 0.3) is 0 Å². The van der Waals surface area contributed by atoms with Crippen LogP contribution in [0.2, 0.25) is 5.02 Å². The lowest BCUT2D eigenvalue weighted by atomic mass is 10.1. The van der Waals surface area contributed by atoms with Gasteiger partial charge >= 0.3 is 5.97 Å². The highest BCUT2D eigenvalue weighted by Crippen LogP contribution is 2.19. The molecule has 0 aliphatic heterocycles. The van der Waals surface area contributed by atoms with Crippen molar-refractivity contribution in [3.8, 4) is 5.75 Å². The first-order chi connectivity index (χ1) is 11.9. The number of nitrogens with one attached hydrogen (secondary N) is 1. The minimum Gasteiger partial charge on any atom is -0.497 e. The predicted octanol–water partition coefficient (Wildman–Crippen LogP) is 3.52. The van der Waals surface area contributed by atoms with Gasteiger partial charge in [-0.2, -0.15) is 0 Å². The third-order valence-corrected chi connectivity index (χ3v) is 3.75. The van der Waals surface area contributed by atoms with E-state index in [-0.39, 0.29) is 16.6 Å². The Morgan fingerprint density at radius 2 is 2.00 bits per heavy atom. The van der Waals surface area contributed by atoms with Gasteiger partial charge in [0.15, 0.2) is 6.61 Å². The van der Waals surface area contributed by atoms with Gasteiger partial charge in [0.25, 0.3) is 5.91 Å². The molecular weight excluding hydrogens is 349 g/mol. The van der Waals surface area contributed by atoms with Crippen LogP contribution in [0.3, 0.4) is 0 Å². The summed E-state index contributed by atoms with van der Waals surface area (Å²) in [6.07, 6.45) is 0. The summed E-state index contributed by atoms with van der Waals surface area (Å²) in [6.45, 7) is 1.34. The van der Waals surface area contributed by atoms with E-state index in [1.165, 1.54) is 6.07 Å². The lowest BCUT2D eigenvalue weighted by molar-refractivity contribution is -0.124. The van der Waals surface area contributed by atoms with E-state index in [1.54, 1.807) is 26.2 Å². The van der Waals surface area contributed by atoms with E-state index in [0.29, 0.717) is 5.75 Å². The Kier molecular flexibility index (Phi) is 6.36. The van der Waals surface area contributed by atoms with Gasteiger partial charge in [0.05, 0.1) is 23.7 Å². The van der Waals surface area contributed by atoms with Crippen LogP contribution < -0.4 is 10.1 Å². The molecule has 25 heavy (non-hydrogen) atoms. The van der Waals surface area contributed by atoms with Gasteiger partial charge in [-0.1, -0.05) is 23.7 Å². The minimum atomic E-state index is -0.758. The third kappa shape index (κ3) is 5.19. The zero-order valence-electron chi connectivity index (χ0n) is 13.7. The smallest absolute Gasteiger partial charge is 0.338 e. The number of carbonyl (C=O) groups is 2. The molecular formula is C18H17ClFNO4. The van der Waals surface area contributed by atoms with Gasteiger partial charge < -0.3 is 14.8 Å². The van der Waals surface area contributed by atoms with E-state index in [1.807, 2.05) is 12.1 Å². The molecule has 2 aromatic carbocycles. The summed E-state index contributed by atoms with van der Waals surface area (Å²) in [6, 6.07) is 10.4. The highest BCUT2D eigenvalue weighted by atomic mass is 35.5. The van der Waals surface area contributed by atoms with Crippen molar-refractivity contribution in [3.63, 3.8) is 0 Å². The molecule has 0 fully saturated rings. The van der Waals surface area contributed by atoms with Gasteiger partial charge in [0.1, 0.15) is 11.6 Å². The van der Waals surface area contributed by atoms with Crippen molar-refractivity contribution in [2.24, 2.45) is 0 Å². The monoisotopic (exact) mass is 365 g/mol. The Bertz CT molecular complexity index is 781. The molecule has 132 valence electrons. The van der Waals surface area contributed by atoms with E-state index in [9.17, 15) is 14.0 Å². The van der Waals surface area contributed by atoms with E-state index in [0.717, 1.165) is 17.7 Å². The van der Waals surface area contributed by atoms with Gasteiger partial charge in [0, 0.05) is 0 Å². The molecule has 0 unspecified atom stereocenters. The number of carbonyl (C=O) groups excluding carboxylic acids is 2. The molecule has 1 amide bonds. The highest BCUT2D eigenvalue weighted by molar-refractivity contribution is 6.31. The Balaban J connectivity index is 1.89. The van der Waals surface area contributed by atoms with Gasteiger partial charge in [-0.15, -0.1) is 0 Å². The largest absolute Gasteiger partial charge is 0.497 e. The zero-order chi connectivity index (χ0) is 18.4. The maximum absolute atomic E-state index is 13.1. The summed E-state index contributed by atoms with van der Waals surface area (Å²) in [4.78, 5) is 23.8. The van der Waals surface area contributed by atoms with Crippen LogP contribution in [-0.4, -0.2) is 25.6 Å². The Morgan fingerprint density at radius 3 is 2.68 bits per heavy atom. The normalized spacial score (nSPS) is 11.5. The van der Waals surface area contributed by atoms with Crippen LogP contribution >= 0.6 is 11.6 Å². The highest BCUT2D eigenvalue weighted by Gasteiger charge is 2.14. The molecule has 7 heteroatoms. The molecule has 0 saturated carbocycles. The first-order valence-corrected chi connectivity index (χ1v) is 7.84. The number of hydrogen-bond donors (Lipinski definition) is 1. The Labute approximate surface area is 149 Å². The maximum atomic E-state index is 13.1. The summed E-state index contributed by atoms with van der Waals surface area (Å²) >= 11 is 5.61. The lowest BCUT2D eigenvalue weighted by Crippen LogP contribution is -2.31. The molecule has 2 rings (SSSR count). The fraction of sp³-hybridized carbons (Fsp3) is 0.222. The number of methoxy groups -OCH3 is 1. The summed E-state index contributed by atoms with van der Waals surface area (Å²) in [7, 11) is 1.56. The predicted molar refractivity (Wildman–Crippen MR) is 91.2 cm³/mol. The Morgan fingerprint density at radius 1 is 1.24 bits per heavy atom. The molecule has 0 heterocycles. The van der Waals surface area contributed by atoms with Crippen LogP contribution in [0.1, 0.15) is 28.9 Å². The van der Waals surface area contributed by atoms with Crippen molar-refractivity contribution >= 4 is 23.5 Å². The zero-order valence-corrected chi connectivity index (χ0v) is 14.5. The van der Waals surface area contributed by atoms with Crippen LogP contribution in [0.5, 0.6) is 5.75 Å². The molecule has 1 N–H and O–H groups in total. The van der Waals surface area contributed by atoms with Crippen molar-refractivity contribution in [2.45, 2.75) is 13.0 Å². The Hall–Kier alpha value is -2.60. The van der Waals surface area contributed by atoms with Crippen molar-refractivity contribution in [1.29, 1.82) is 0 Å². The van der Waals surface area contributed by atoms with E-state index in [4.69, 9.17) is 21.1 Å². The van der Waals surface area contributed by atoms with Crippen LogP contribution in [0.15, 0.2) is 42.5 Å². The van der Waals surface area contributed by atoms with Crippen LogP contribution in [0, 0.1) is 5.82 Å². The second-order valence-corrected chi connectivity index (χ2v) is 5.68. The first-order valence-electron chi connectivity index (χ1n) is 7.46. The topological polar surface area (TPSA) is 64.6 Å². The molecule has 0 aromatic heterocycles. The molecule has 0 aliphatic carbocycles. The standard InChI is InChI=1S/C18H17ClFNO4/c1-11(12-4-3-5-14(8-12)24-2)21-17(22)10-25-18(23)13-6-7-16(20)15(19)9-13/h3-9,11H,10H2,1-2H3,(H,21,22)/t11-/m0/s1. The average Bonchev–Trinajstić information content (AvgIpc) is 2.62. The molecule has 0 aliphatic rings. The number of rotatable bonds is 6. The third-order valence-electron chi connectivity index (χ3n) is 3.46. The average molecular weight is 366 g/mol. The van der Waals surface area contributed by atoms with E-state index in [2.05, 4.69) is 5.32 Å². The fourth-order valence-corrected chi connectivity index (χ4v) is 2.30.